The number of thiocarbonyl (C=S) groups is 1. The van der Waals surface area contributed by atoms with Crippen molar-refractivity contribution in [3.8, 4) is 17.1 Å². The lowest BCUT2D eigenvalue weighted by Gasteiger charge is -2.14. The Morgan fingerprint density at radius 2 is 1.90 bits per heavy atom. The number of halogens is 2. The van der Waals surface area contributed by atoms with E-state index in [2.05, 4.69) is 0 Å². The molecule has 3 aromatic rings. The summed E-state index contributed by atoms with van der Waals surface area (Å²) >= 11 is 19.0. The zero-order valence-electron chi connectivity index (χ0n) is 15.7. The van der Waals surface area contributed by atoms with Gasteiger partial charge >= 0.3 is 0 Å². The Morgan fingerprint density at radius 3 is 2.63 bits per heavy atom. The number of carbonyl (C=O) groups is 1. The molecule has 30 heavy (non-hydrogen) atoms. The zero-order valence-corrected chi connectivity index (χ0v) is 18.9. The van der Waals surface area contributed by atoms with E-state index >= 15 is 0 Å². The second-order valence-corrected chi connectivity index (χ2v) is 8.96. The molecule has 1 aliphatic heterocycles. The van der Waals surface area contributed by atoms with E-state index in [-0.39, 0.29) is 5.91 Å². The minimum absolute atomic E-state index is 0.153. The number of hydrogen-bond donors (Lipinski definition) is 0. The van der Waals surface area contributed by atoms with Crippen LogP contribution in [-0.2, 0) is 11.3 Å². The number of hydrogen-bond acceptors (Lipinski definition) is 5. The lowest BCUT2D eigenvalue weighted by atomic mass is 10.2. The first-order valence-corrected chi connectivity index (χ1v) is 10.9. The maximum Gasteiger partial charge on any atom is 0.266 e. The molecule has 0 radical (unpaired) electrons. The molecule has 1 amide bonds. The van der Waals surface area contributed by atoms with Crippen molar-refractivity contribution in [1.29, 1.82) is 0 Å². The molecule has 0 atom stereocenters. The molecule has 0 saturated carbocycles. The summed E-state index contributed by atoms with van der Waals surface area (Å²) in [5.74, 6) is 1.71. The largest absolute Gasteiger partial charge is 0.497 e. The number of furan rings is 1. The first-order valence-electron chi connectivity index (χ1n) is 8.88. The summed E-state index contributed by atoms with van der Waals surface area (Å²) in [7, 11) is 1.61. The molecule has 4 rings (SSSR count). The van der Waals surface area contributed by atoms with Gasteiger partial charge < -0.3 is 9.15 Å². The number of rotatable bonds is 5. The van der Waals surface area contributed by atoms with E-state index in [4.69, 9.17) is 44.6 Å². The number of methoxy groups -OCH3 is 1. The maximum atomic E-state index is 12.9. The number of benzene rings is 2. The Kier molecular flexibility index (Phi) is 6.20. The van der Waals surface area contributed by atoms with Crippen molar-refractivity contribution in [3.63, 3.8) is 0 Å². The third kappa shape index (κ3) is 4.42. The summed E-state index contributed by atoms with van der Waals surface area (Å²) in [4.78, 5) is 14.9. The predicted molar refractivity (Wildman–Crippen MR) is 126 cm³/mol. The van der Waals surface area contributed by atoms with Crippen LogP contribution < -0.4 is 4.74 Å². The summed E-state index contributed by atoms with van der Waals surface area (Å²) in [6, 6.07) is 16.3. The third-order valence-corrected chi connectivity index (χ3v) is 6.41. The van der Waals surface area contributed by atoms with E-state index in [9.17, 15) is 4.79 Å². The van der Waals surface area contributed by atoms with Gasteiger partial charge in [-0.1, -0.05) is 59.3 Å². The Balaban J connectivity index is 1.53. The number of nitrogens with zero attached hydrogens (tertiary/aromatic N) is 1. The van der Waals surface area contributed by atoms with E-state index in [0.29, 0.717) is 42.9 Å². The Labute approximate surface area is 193 Å². The summed E-state index contributed by atoms with van der Waals surface area (Å²) < 4.78 is 11.5. The SMILES string of the molecule is COc1ccc(CN2C(=O)/C(=C/c3ccc(-c4cc(Cl)ccc4Cl)o3)SC2=S)cc1. The number of amides is 1. The molecule has 1 aliphatic rings. The maximum absolute atomic E-state index is 12.9. The first-order chi connectivity index (χ1) is 14.4. The van der Waals surface area contributed by atoms with Gasteiger partial charge in [0, 0.05) is 16.7 Å². The van der Waals surface area contributed by atoms with E-state index in [1.54, 1.807) is 48.4 Å². The van der Waals surface area contributed by atoms with Crippen molar-refractivity contribution in [1.82, 2.24) is 4.90 Å². The van der Waals surface area contributed by atoms with Gasteiger partial charge in [0.1, 0.15) is 21.6 Å². The van der Waals surface area contributed by atoms with Crippen molar-refractivity contribution in [2.24, 2.45) is 0 Å². The van der Waals surface area contributed by atoms with Crippen molar-refractivity contribution in [3.05, 3.63) is 80.9 Å². The lowest BCUT2D eigenvalue weighted by molar-refractivity contribution is -0.122. The highest BCUT2D eigenvalue weighted by atomic mass is 35.5. The standard InChI is InChI=1S/C22H15Cl2NO3S2/c1-27-15-5-2-13(3-6-15)12-25-21(26)20(30-22(25)29)11-16-7-9-19(28-16)17-10-14(23)4-8-18(17)24/h2-11H,12H2,1H3/b20-11-. The fourth-order valence-electron chi connectivity index (χ4n) is 2.94. The van der Waals surface area contributed by atoms with Gasteiger partial charge in [0.05, 0.1) is 23.6 Å². The van der Waals surface area contributed by atoms with E-state index in [1.165, 1.54) is 11.8 Å². The van der Waals surface area contributed by atoms with Crippen LogP contribution in [0.5, 0.6) is 5.75 Å². The second kappa shape index (κ2) is 8.86. The Hall–Kier alpha value is -2.25. The van der Waals surface area contributed by atoms with Crippen LogP contribution in [0.4, 0.5) is 0 Å². The van der Waals surface area contributed by atoms with Crippen LogP contribution in [0.25, 0.3) is 17.4 Å². The van der Waals surface area contributed by atoms with Gasteiger partial charge in [-0.25, -0.2) is 0 Å². The molecule has 152 valence electrons. The zero-order chi connectivity index (χ0) is 21.3. The van der Waals surface area contributed by atoms with Gasteiger partial charge in [-0.05, 0) is 48.0 Å². The summed E-state index contributed by atoms with van der Waals surface area (Å²) in [6.45, 7) is 0.396. The fourth-order valence-corrected chi connectivity index (χ4v) is 4.56. The molecular weight excluding hydrogens is 461 g/mol. The fraction of sp³-hybridized carbons (Fsp3) is 0.0909. The van der Waals surface area contributed by atoms with Gasteiger partial charge in [-0.2, -0.15) is 0 Å². The van der Waals surface area contributed by atoms with Gasteiger partial charge in [-0.3, -0.25) is 9.69 Å². The van der Waals surface area contributed by atoms with Crippen LogP contribution in [0.2, 0.25) is 10.0 Å². The van der Waals surface area contributed by atoms with Gasteiger partial charge in [0.15, 0.2) is 0 Å². The van der Waals surface area contributed by atoms with Crippen molar-refractivity contribution in [2.75, 3.05) is 7.11 Å². The van der Waals surface area contributed by atoms with Crippen LogP contribution in [0.3, 0.4) is 0 Å². The molecule has 2 heterocycles. The second-order valence-electron chi connectivity index (χ2n) is 6.44. The molecule has 0 aliphatic carbocycles. The Bertz CT molecular complexity index is 1160. The van der Waals surface area contributed by atoms with Crippen molar-refractivity contribution in [2.45, 2.75) is 6.54 Å². The monoisotopic (exact) mass is 475 g/mol. The van der Waals surface area contributed by atoms with Gasteiger partial charge in [0.25, 0.3) is 5.91 Å². The Morgan fingerprint density at radius 1 is 1.13 bits per heavy atom. The summed E-state index contributed by atoms with van der Waals surface area (Å²) in [6.07, 6.45) is 1.69. The topological polar surface area (TPSA) is 42.7 Å². The molecule has 0 unspecified atom stereocenters. The quantitative estimate of drug-likeness (QED) is 0.304. The van der Waals surface area contributed by atoms with E-state index in [1.807, 2.05) is 24.3 Å². The molecule has 0 spiro atoms. The number of ether oxygens (including phenoxy) is 1. The average Bonchev–Trinajstić information content (AvgIpc) is 3.30. The summed E-state index contributed by atoms with van der Waals surface area (Å²) in [5.41, 5.74) is 1.65. The van der Waals surface area contributed by atoms with Crippen molar-refractivity contribution >= 4 is 63.5 Å². The average molecular weight is 476 g/mol. The molecule has 1 aromatic heterocycles. The van der Waals surface area contributed by atoms with Gasteiger partial charge in [-0.15, -0.1) is 0 Å². The third-order valence-electron chi connectivity index (χ3n) is 4.47. The van der Waals surface area contributed by atoms with Crippen LogP contribution in [0.1, 0.15) is 11.3 Å². The van der Waals surface area contributed by atoms with E-state index < -0.39 is 0 Å². The molecular formula is C22H15Cl2NO3S2. The molecule has 4 nitrogen and oxygen atoms in total. The van der Waals surface area contributed by atoms with Crippen LogP contribution in [0, 0.1) is 0 Å². The van der Waals surface area contributed by atoms with Crippen LogP contribution in [-0.4, -0.2) is 22.2 Å². The molecule has 1 saturated heterocycles. The van der Waals surface area contributed by atoms with Crippen LogP contribution in [0.15, 0.2) is 63.9 Å². The highest BCUT2D eigenvalue weighted by Gasteiger charge is 2.32. The van der Waals surface area contributed by atoms with E-state index in [0.717, 1.165) is 11.3 Å². The minimum Gasteiger partial charge on any atom is -0.497 e. The molecule has 1 fully saturated rings. The molecule has 8 heteroatoms. The molecule has 0 bridgehead atoms. The normalized spacial score (nSPS) is 15.3. The predicted octanol–water partition coefficient (Wildman–Crippen LogP) is 6.66. The summed E-state index contributed by atoms with van der Waals surface area (Å²) in [5, 5.41) is 1.10. The molecule has 2 aromatic carbocycles. The number of carbonyl (C=O) groups excluding carboxylic acids is 1. The van der Waals surface area contributed by atoms with Crippen molar-refractivity contribution < 1.29 is 13.9 Å². The highest BCUT2D eigenvalue weighted by Crippen LogP contribution is 2.36. The number of thioether (sulfide) groups is 1. The van der Waals surface area contributed by atoms with Crippen LogP contribution >= 0.6 is 47.2 Å². The molecule has 0 N–H and O–H groups in total. The first kappa shape index (κ1) is 21.0. The van der Waals surface area contributed by atoms with Gasteiger partial charge in [0.2, 0.25) is 0 Å². The lowest BCUT2D eigenvalue weighted by Crippen LogP contribution is -2.27. The smallest absolute Gasteiger partial charge is 0.266 e. The minimum atomic E-state index is -0.153. The highest BCUT2D eigenvalue weighted by molar-refractivity contribution is 8.26.